The zero-order valence-electron chi connectivity index (χ0n) is 19.0. The zero-order chi connectivity index (χ0) is 21.2. The molecule has 3 rings (SSSR count). The van der Waals surface area contributed by atoms with Gasteiger partial charge < -0.3 is 15.3 Å². The monoisotopic (exact) mass is 418 g/mol. The average Bonchev–Trinajstić information content (AvgIpc) is 3.04. The second-order valence-electron chi connectivity index (χ2n) is 10.6. The van der Waals surface area contributed by atoms with E-state index in [1.54, 1.807) is 11.6 Å². The third-order valence-electron chi connectivity index (χ3n) is 8.54. The summed E-state index contributed by atoms with van der Waals surface area (Å²) in [5.41, 5.74) is 4.21. The second kappa shape index (κ2) is 10.1. The first-order valence-corrected chi connectivity index (χ1v) is 11.8. The molecule has 172 valence electrons. The van der Waals surface area contributed by atoms with E-state index in [1.165, 1.54) is 38.5 Å². The van der Waals surface area contributed by atoms with Gasteiger partial charge in [0.25, 0.3) is 0 Å². The molecule has 0 spiro atoms. The summed E-state index contributed by atoms with van der Waals surface area (Å²) in [7, 11) is 0. The number of aliphatic hydroxyl groups excluding tert-OH is 3. The topological polar surface area (TPSA) is 60.7 Å². The van der Waals surface area contributed by atoms with Crippen molar-refractivity contribution in [3.63, 3.8) is 0 Å². The summed E-state index contributed by atoms with van der Waals surface area (Å²) < 4.78 is 0. The summed E-state index contributed by atoms with van der Waals surface area (Å²) in [6.45, 7) is 9.84. The van der Waals surface area contributed by atoms with Gasteiger partial charge in [0.2, 0.25) is 0 Å². The number of hydrogen-bond acceptors (Lipinski definition) is 3. The second-order valence-corrected chi connectivity index (χ2v) is 10.6. The van der Waals surface area contributed by atoms with Gasteiger partial charge in [0, 0.05) is 6.61 Å². The highest BCUT2D eigenvalue weighted by molar-refractivity contribution is 5.30. The smallest absolute Gasteiger partial charge is 0.0812 e. The number of hydrogen-bond donors (Lipinski definition) is 3. The van der Waals surface area contributed by atoms with E-state index >= 15 is 0 Å². The van der Waals surface area contributed by atoms with Crippen LogP contribution in [0.15, 0.2) is 34.9 Å². The molecular formula is C27H46O3. The Morgan fingerprint density at radius 2 is 1.77 bits per heavy atom. The molecule has 3 saturated carbocycles. The van der Waals surface area contributed by atoms with Crippen molar-refractivity contribution in [1.82, 2.24) is 0 Å². The Hall–Kier alpha value is -0.900. The maximum atomic E-state index is 10.4. The molecule has 3 aliphatic carbocycles. The first-order chi connectivity index (χ1) is 13.7. The van der Waals surface area contributed by atoms with Crippen LogP contribution < -0.4 is 0 Å². The Balaban J connectivity index is 0.00000320. The molecule has 0 bridgehead atoms. The Labute approximate surface area is 185 Å². The van der Waals surface area contributed by atoms with Crippen LogP contribution in [0, 0.1) is 22.7 Å². The first kappa shape index (κ1) is 25.4. The van der Waals surface area contributed by atoms with Gasteiger partial charge in [-0.15, -0.1) is 0 Å². The highest BCUT2D eigenvalue weighted by Gasteiger charge is 2.53. The fraction of sp³-hybridized carbons (Fsp3) is 0.778. The Morgan fingerprint density at radius 1 is 1.10 bits per heavy atom. The molecule has 30 heavy (non-hydrogen) atoms. The summed E-state index contributed by atoms with van der Waals surface area (Å²) in [6, 6.07) is 0. The molecule has 0 aliphatic heterocycles. The predicted octanol–water partition coefficient (Wildman–Crippen LogP) is 5.95. The van der Waals surface area contributed by atoms with E-state index in [9.17, 15) is 10.2 Å². The van der Waals surface area contributed by atoms with Crippen LogP contribution in [0.4, 0.5) is 0 Å². The van der Waals surface area contributed by atoms with Crippen LogP contribution in [0.25, 0.3) is 0 Å². The molecule has 0 aromatic heterocycles. The number of allylic oxidation sites excluding steroid dienone is 3. The Morgan fingerprint density at radius 3 is 2.37 bits per heavy atom. The van der Waals surface area contributed by atoms with Crippen molar-refractivity contribution in [3.8, 4) is 0 Å². The van der Waals surface area contributed by atoms with Crippen LogP contribution >= 0.6 is 0 Å². The van der Waals surface area contributed by atoms with Gasteiger partial charge in [-0.2, -0.15) is 0 Å². The molecule has 3 N–H and O–H groups in total. The lowest BCUT2D eigenvalue weighted by atomic mass is 9.57. The normalized spacial score (nSPS) is 35.8. The third kappa shape index (κ3) is 4.95. The van der Waals surface area contributed by atoms with Gasteiger partial charge in [-0.25, -0.2) is 0 Å². The third-order valence-corrected chi connectivity index (χ3v) is 8.54. The summed E-state index contributed by atoms with van der Waals surface area (Å²) in [5, 5.41) is 29.9. The molecule has 0 heterocycles. The molecular weight excluding hydrogens is 372 g/mol. The molecule has 3 fully saturated rings. The number of aliphatic hydroxyl groups is 3. The van der Waals surface area contributed by atoms with Gasteiger partial charge in [0.05, 0.1) is 12.2 Å². The van der Waals surface area contributed by atoms with Gasteiger partial charge in [-0.05, 0) is 79.6 Å². The van der Waals surface area contributed by atoms with E-state index in [0.29, 0.717) is 41.6 Å². The lowest BCUT2D eigenvalue weighted by Gasteiger charge is -2.48. The van der Waals surface area contributed by atoms with Gasteiger partial charge in [-0.1, -0.05) is 70.9 Å². The maximum absolute atomic E-state index is 10.4. The molecule has 3 nitrogen and oxygen atoms in total. The zero-order valence-corrected chi connectivity index (χ0v) is 19.0. The van der Waals surface area contributed by atoms with Crippen LogP contribution in [-0.2, 0) is 0 Å². The van der Waals surface area contributed by atoms with Crippen molar-refractivity contribution < 1.29 is 15.3 Å². The lowest BCUT2D eigenvalue weighted by molar-refractivity contribution is 0.0435. The van der Waals surface area contributed by atoms with Crippen LogP contribution in [0.2, 0.25) is 0 Å². The van der Waals surface area contributed by atoms with Crippen LogP contribution in [0.1, 0.15) is 92.9 Å². The summed E-state index contributed by atoms with van der Waals surface area (Å²) in [5.74, 6) is 1.47. The van der Waals surface area contributed by atoms with Crippen LogP contribution in [0.5, 0.6) is 0 Å². The molecule has 0 saturated heterocycles. The van der Waals surface area contributed by atoms with Crippen LogP contribution in [0.3, 0.4) is 0 Å². The minimum absolute atomic E-state index is 0. The molecule has 0 radical (unpaired) electrons. The molecule has 3 heteroatoms. The standard InChI is InChI=1S/C26H42O3.CH4/c1-5-25(2,3)24-13-12-21-19(8-6-14-26(21,24)4)11-10-18-16-22(28)20(9-7-15-27)23(29)17-18;/h9-11,21-24,27-29H,5-8,12-17H2,1-4H3;1H4/b18-10?,19-11+,20-9?;/t21?,22-,23-,24?,26+;/m1./s1. The maximum Gasteiger partial charge on any atom is 0.0812 e. The van der Waals surface area contributed by atoms with Crippen molar-refractivity contribution >= 4 is 0 Å². The number of fused-ring (bicyclic) bond motifs is 1. The van der Waals surface area contributed by atoms with Crippen molar-refractivity contribution in [2.24, 2.45) is 22.7 Å². The molecule has 3 aliphatic rings. The van der Waals surface area contributed by atoms with Crippen molar-refractivity contribution in [3.05, 3.63) is 34.9 Å². The summed E-state index contributed by atoms with van der Waals surface area (Å²) >= 11 is 0. The van der Waals surface area contributed by atoms with E-state index in [2.05, 4.69) is 39.8 Å². The molecule has 2 unspecified atom stereocenters. The molecule has 0 amide bonds. The van der Waals surface area contributed by atoms with Gasteiger partial charge in [-0.3, -0.25) is 0 Å². The Bertz CT molecular complexity index is 656. The van der Waals surface area contributed by atoms with E-state index in [0.717, 1.165) is 11.5 Å². The predicted molar refractivity (Wildman–Crippen MR) is 126 cm³/mol. The fourth-order valence-corrected chi connectivity index (χ4v) is 6.67. The van der Waals surface area contributed by atoms with E-state index in [4.69, 9.17) is 5.11 Å². The fourth-order valence-electron chi connectivity index (χ4n) is 6.67. The van der Waals surface area contributed by atoms with E-state index < -0.39 is 12.2 Å². The summed E-state index contributed by atoms with van der Waals surface area (Å²) in [4.78, 5) is 0. The van der Waals surface area contributed by atoms with Gasteiger partial charge >= 0.3 is 0 Å². The largest absolute Gasteiger partial charge is 0.396 e. The molecule has 0 aromatic rings. The van der Waals surface area contributed by atoms with Crippen molar-refractivity contribution in [1.29, 1.82) is 0 Å². The van der Waals surface area contributed by atoms with E-state index in [-0.39, 0.29) is 14.0 Å². The van der Waals surface area contributed by atoms with Crippen LogP contribution in [-0.4, -0.2) is 34.1 Å². The average molecular weight is 419 g/mol. The lowest BCUT2D eigenvalue weighted by Crippen LogP contribution is -2.39. The minimum Gasteiger partial charge on any atom is -0.396 e. The minimum atomic E-state index is -0.632. The summed E-state index contributed by atoms with van der Waals surface area (Å²) in [6.07, 6.45) is 14.4. The van der Waals surface area contributed by atoms with Crippen molar-refractivity contribution in [2.45, 2.75) is 105 Å². The molecule has 5 atom stereocenters. The first-order valence-electron chi connectivity index (χ1n) is 11.8. The highest BCUT2D eigenvalue weighted by atomic mass is 16.3. The SMILES string of the molecule is C.CCC(C)(C)C1CCC2/C(=C/C=C3C[C@@H](O)C(=CCCO)[C@H](O)C3)CCC[C@@]21C. The molecule has 0 aromatic carbocycles. The van der Waals surface area contributed by atoms with Gasteiger partial charge in [0.1, 0.15) is 0 Å². The van der Waals surface area contributed by atoms with Gasteiger partial charge in [0.15, 0.2) is 0 Å². The quantitative estimate of drug-likeness (QED) is 0.483. The highest BCUT2D eigenvalue weighted by Crippen LogP contribution is 2.62. The van der Waals surface area contributed by atoms with E-state index in [1.807, 2.05) is 0 Å². The Kier molecular flexibility index (Phi) is 8.58. The van der Waals surface area contributed by atoms with Crippen molar-refractivity contribution in [2.75, 3.05) is 6.61 Å². The number of rotatable bonds is 5.